The van der Waals surface area contributed by atoms with Crippen LogP contribution in [0, 0.1) is 0 Å². The van der Waals surface area contributed by atoms with Gasteiger partial charge in [0.15, 0.2) is 0 Å². The monoisotopic (exact) mass is 433 g/mol. The van der Waals surface area contributed by atoms with Crippen molar-refractivity contribution in [1.29, 1.82) is 0 Å². The average Bonchev–Trinajstić information content (AvgIpc) is 2.72. The fourth-order valence-electron chi connectivity index (χ4n) is 2.85. The summed E-state index contributed by atoms with van der Waals surface area (Å²) >= 11 is 0. The number of rotatable bonds is 6. The standard InChI is InChI=1S/C21H18F3N3O4/c1-2-31-17-6-4-3-5-16(17)27-12-11-26(19(29)20(27)30)13-18(28)25-15-9-7-14(8-10-15)21(22,23)24/h3-12H,2,13H2,1H3,(H,25,28). The summed E-state index contributed by atoms with van der Waals surface area (Å²) in [5.41, 5.74) is -2.15. The first kappa shape index (κ1) is 21.9. The van der Waals surface area contributed by atoms with Crippen LogP contribution in [0.1, 0.15) is 12.5 Å². The molecule has 0 saturated carbocycles. The molecule has 0 spiro atoms. The fraction of sp³-hybridized carbons (Fsp3) is 0.190. The zero-order chi connectivity index (χ0) is 22.6. The van der Waals surface area contributed by atoms with E-state index in [-0.39, 0.29) is 5.69 Å². The zero-order valence-corrected chi connectivity index (χ0v) is 16.3. The van der Waals surface area contributed by atoms with Crippen molar-refractivity contribution in [1.82, 2.24) is 9.13 Å². The van der Waals surface area contributed by atoms with Gasteiger partial charge in [-0.3, -0.25) is 23.5 Å². The number of carbonyl (C=O) groups excluding carboxylic acids is 1. The Hall–Kier alpha value is -3.82. The predicted octanol–water partition coefficient (Wildman–Crippen LogP) is 3.06. The lowest BCUT2D eigenvalue weighted by Crippen LogP contribution is -2.41. The Morgan fingerprint density at radius 2 is 1.68 bits per heavy atom. The Morgan fingerprint density at radius 3 is 2.32 bits per heavy atom. The number of nitrogens with zero attached hydrogens (tertiary/aromatic N) is 2. The number of benzene rings is 2. The van der Waals surface area contributed by atoms with E-state index in [1.807, 2.05) is 0 Å². The van der Waals surface area contributed by atoms with Crippen LogP contribution in [0.4, 0.5) is 18.9 Å². The van der Waals surface area contributed by atoms with E-state index in [0.717, 1.165) is 33.4 Å². The van der Waals surface area contributed by atoms with Crippen molar-refractivity contribution in [3.8, 4) is 11.4 Å². The normalized spacial score (nSPS) is 11.2. The third kappa shape index (κ3) is 5.03. The van der Waals surface area contributed by atoms with Gasteiger partial charge in [0.2, 0.25) is 5.91 Å². The zero-order valence-electron chi connectivity index (χ0n) is 16.3. The van der Waals surface area contributed by atoms with Crippen LogP contribution in [0.25, 0.3) is 5.69 Å². The van der Waals surface area contributed by atoms with E-state index in [1.165, 1.54) is 12.4 Å². The lowest BCUT2D eigenvalue weighted by Gasteiger charge is -2.13. The molecular weight excluding hydrogens is 415 g/mol. The minimum Gasteiger partial charge on any atom is -0.492 e. The van der Waals surface area contributed by atoms with Crippen molar-refractivity contribution in [3.63, 3.8) is 0 Å². The minimum absolute atomic E-state index is 0.130. The van der Waals surface area contributed by atoms with Gasteiger partial charge in [-0.2, -0.15) is 13.2 Å². The molecule has 2 aromatic carbocycles. The molecule has 7 nitrogen and oxygen atoms in total. The number of aromatic nitrogens is 2. The van der Waals surface area contributed by atoms with Crippen molar-refractivity contribution in [2.75, 3.05) is 11.9 Å². The average molecular weight is 433 g/mol. The van der Waals surface area contributed by atoms with Gasteiger partial charge in [0.25, 0.3) is 0 Å². The molecule has 0 radical (unpaired) electrons. The first-order chi connectivity index (χ1) is 14.7. The molecule has 1 heterocycles. The second-order valence-electron chi connectivity index (χ2n) is 6.43. The molecule has 0 fully saturated rings. The molecule has 0 bridgehead atoms. The summed E-state index contributed by atoms with van der Waals surface area (Å²) in [5.74, 6) is -0.252. The van der Waals surface area contributed by atoms with Crippen LogP contribution in [0.15, 0.2) is 70.5 Å². The maximum Gasteiger partial charge on any atom is 0.416 e. The van der Waals surface area contributed by atoms with Gasteiger partial charge in [-0.1, -0.05) is 12.1 Å². The van der Waals surface area contributed by atoms with Gasteiger partial charge in [-0.15, -0.1) is 0 Å². The fourth-order valence-corrected chi connectivity index (χ4v) is 2.85. The quantitative estimate of drug-likeness (QED) is 0.606. The van der Waals surface area contributed by atoms with Crippen LogP contribution in [0.3, 0.4) is 0 Å². The second kappa shape index (κ2) is 8.90. The number of halogens is 3. The number of hydrogen-bond donors (Lipinski definition) is 1. The van der Waals surface area contributed by atoms with Gasteiger partial charge in [-0.05, 0) is 43.3 Å². The van der Waals surface area contributed by atoms with Crippen LogP contribution in [0.5, 0.6) is 5.75 Å². The summed E-state index contributed by atoms with van der Waals surface area (Å²) < 4.78 is 45.3. The molecule has 1 aromatic heterocycles. The van der Waals surface area contributed by atoms with E-state index in [9.17, 15) is 27.6 Å². The molecule has 3 rings (SSSR count). The summed E-state index contributed by atoms with van der Waals surface area (Å²) in [5, 5.41) is 2.39. The lowest BCUT2D eigenvalue weighted by atomic mass is 10.2. The maximum absolute atomic E-state index is 12.6. The van der Waals surface area contributed by atoms with E-state index in [0.29, 0.717) is 18.0 Å². The van der Waals surface area contributed by atoms with Crippen LogP contribution in [-0.2, 0) is 17.5 Å². The highest BCUT2D eigenvalue weighted by Crippen LogP contribution is 2.29. The van der Waals surface area contributed by atoms with Gasteiger partial charge < -0.3 is 10.1 Å². The number of alkyl halides is 3. The van der Waals surface area contributed by atoms with E-state index in [4.69, 9.17) is 4.74 Å². The molecule has 3 aromatic rings. The topological polar surface area (TPSA) is 82.3 Å². The van der Waals surface area contributed by atoms with Crippen molar-refractivity contribution in [2.24, 2.45) is 0 Å². The van der Waals surface area contributed by atoms with Gasteiger partial charge in [0.05, 0.1) is 17.9 Å². The summed E-state index contributed by atoms with van der Waals surface area (Å²) in [7, 11) is 0. The molecular formula is C21H18F3N3O4. The third-order valence-electron chi connectivity index (χ3n) is 4.29. The van der Waals surface area contributed by atoms with Crippen LogP contribution in [0.2, 0.25) is 0 Å². The summed E-state index contributed by atoms with van der Waals surface area (Å²) in [6, 6.07) is 10.6. The molecule has 0 aliphatic rings. The number of ether oxygens (including phenoxy) is 1. The molecule has 0 aliphatic heterocycles. The van der Waals surface area contributed by atoms with Crippen molar-refractivity contribution in [3.05, 3.63) is 87.2 Å². The SMILES string of the molecule is CCOc1ccccc1-n1ccn(CC(=O)Nc2ccc(C(F)(F)F)cc2)c(=O)c1=O. The van der Waals surface area contributed by atoms with Crippen LogP contribution >= 0.6 is 0 Å². The molecule has 1 N–H and O–H groups in total. The van der Waals surface area contributed by atoms with Gasteiger partial charge >= 0.3 is 17.3 Å². The first-order valence-corrected chi connectivity index (χ1v) is 9.22. The van der Waals surface area contributed by atoms with Crippen LogP contribution in [-0.4, -0.2) is 21.6 Å². The molecule has 1 amide bonds. The highest BCUT2D eigenvalue weighted by Gasteiger charge is 2.30. The highest BCUT2D eigenvalue weighted by atomic mass is 19.4. The Morgan fingerprint density at radius 1 is 1.00 bits per heavy atom. The van der Waals surface area contributed by atoms with E-state index < -0.39 is 35.3 Å². The van der Waals surface area contributed by atoms with Crippen molar-refractivity contribution >= 4 is 11.6 Å². The Bertz CT molecular complexity index is 1200. The maximum atomic E-state index is 12.6. The number of carbonyl (C=O) groups is 1. The third-order valence-corrected chi connectivity index (χ3v) is 4.29. The second-order valence-corrected chi connectivity index (χ2v) is 6.43. The molecule has 0 atom stereocenters. The number of nitrogens with one attached hydrogen (secondary N) is 1. The number of anilines is 1. The highest BCUT2D eigenvalue weighted by molar-refractivity contribution is 5.90. The summed E-state index contributed by atoms with van der Waals surface area (Å²) in [4.78, 5) is 37.2. The molecule has 162 valence electrons. The van der Waals surface area contributed by atoms with Crippen molar-refractivity contribution in [2.45, 2.75) is 19.6 Å². The van der Waals surface area contributed by atoms with E-state index >= 15 is 0 Å². The Balaban J connectivity index is 1.79. The molecule has 0 saturated heterocycles. The first-order valence-electron chi connectivity index (χ1n) is 9.22. The molecule has 31 heavy (non-hydrogen) atoms. The van der Waals surface area contributed by atoms with Gasteiger partial charge in [-0.25, -0.2) is 0 Å². The van der Waals surface area contributed by atoms with Gasteiger partial charge in [0.1, 0.15) is 12.3 Å². The summed E-state index contributed by atoms with van der Waals surface area (Å²) in [6.07, 6.45) is -1.87. The van der Waals surface area contributed by atoms with E-state index in [1.54, 1.807) is 31.2 Å². The van der Waals surface area contributed by atoms with Gasteiger partial charge in [0, 0.05) is 18.1 Å². The number of amides is 1. The Labute approximate surface area is 174 Å². The summed E-state index contributed by atoms with van der Waals surface area (Å²) in [6.45, 7) is 1.67. The Kier molecular flexibility index (Phi) is 6.28. The largest absolute Gasteiger partial charge is 0.492 e. The van der Waals surface area contributed by atoms with Crippen molar-refractivity contribution < 1.29 is 22.7 Å². The lowest BCUT2D eigenvalue weighted by molar-refractivity contribution is -0.137. The number of para-hydroxylation sites is 2. The van der Waals surface area contributed by atoms with E-state index in [2.05, 4.69) is 5.32 Å². The van der Waals surface area contributed by atoms with Crippen LogP contribution < -0.4 is 21.2 Å². The molecule has 0 aliphatic carbocycles. The minimum atomic E-state index is -4.49. The molecule has 10 heteroatoms. The molecule has 0 unspecified atom stereocenters. The smallest absolute Gasteiger partial charge is 0.416 e. The number of hydrogen-bond acceptors (Lipinski definition) is 4. The predicted molar refractivity (Wildman–Crippen MR) is 108 cm³/mol.